The molecule has 0 aliphatic carbocycles. The number of carbonyl (C=O) groups excluding carboxylic acids is 1. The molecular weight excluding hydrogens is 228 g/mol. The third kappa shape index (κ3) is 3.57. The molecular formula is C14H16N2O2. The SMILES string of the molecule is N#Cc1ccc(NC(=O)CC2CCCOC2)cc1. The predicted molar refractivity (Wildman–Crippen MR) is 67.9 cm³/mol. The molecule has 1 saturated heterocycles. The fourth-order valence-corrected chi connectivity index (χ4v) is 2.07. The van der Waals surface area contributed by atoms with E-state index in [4.69, 9.17) is 10.00 Å². The molecule has 1 aromatic rings. The molecule has 0 bridgehead atoms. The van der Waals surface area contributed by atoms with Gasteiger partial charge < -0.3 is 10.1 Å². The largest absolute Gasteiger partial charge is 0.381 e. The lowest BCUT2D eigenvalue weighted by Crippen LogP contribution is -2.23. The summed E-state index contributed by atoms with van der Waals surface area (Å²) in [5.41, 5.74) is 1.32. The highest BCUT2D eigenvalue weighted by Crippen LogP contribution is 2.18. The van der Waals surface area contributed by atoms with Crippen LogP contribution in [0.1, 0.15) is 24.8 Å². The molecule has 94 valence electrons. The number of nitrogens with zero attached hydrogens (tertiary/aromatic N) is 1. The monoisotopic (exact) mass is 244 g/mol. The minimum Gasteiger partial charge on any atom is -0.381 e. The Kier molecular flexibility index (Phi) is 4.32. The van der Waals surface area contributed by atoms with Crippen LogP contribution in [-0.4, -0.2) is 19.1 Å². The van der Waals surface area contributed by atoms with Crippen LogP contribution in [0.15, 0.2) is 24.3 Å². The van der Waals surface area contributed by atoms with Gasteiger partial charge in [-0.1, -0.05) is 0 Å². The minimum absolute atomic E-state index is 0.00945. The van der Waals surface area contributed by atoms with Crippen molar-refractivity contribution < 1.29 is 9.53 Å². The van der Waals surface area contributed by atoms with Crippen LogP contribution in [0.25, 0.3) is 0 Å². The van der Waals surface area contributed by atoms with Gasteiger partial charge in [-0.15, -0.1) is 0 Å². The summed E-state index contributed by atoms with van der Waals surface area (Å²) in [4.78, 5) is 11.8. The van der Waals surface area contributed by atoms with Gasteiger partial charge >= 0.3 is 0 Å². The van der Waals surface area contributed by atoms with Crippen molar-refractivity contribution in [3.8, 4) is 6.07 Å². The lowest BCUT2D eigenvalue weighted by Gasteiger charge is -2.21. The molecule has 0 radical (unpaired) electrons. The first-order valence-electron chi connectivity index (χ1n) is 6.15. The second-order valence-corrected chi connectivity index (χ2v) is 4.52. The van der Waals surface area contributed by atoms with Crippen molar-refractivity contribution in [3.63, 3.8) is 0 Å². The third-order valence-corrected chi connectivity index (χ3v) is 3.03. The maximum absolute atomic E-state index is 11.8. The summed E-state index contributed by atoms with van der Waals surface area (Å²) >= 11 is 0. The Balaban J connectivity index is 1.84. The number of hydrogen-bond acceptors (Lipinski definition) is 3. The van der Waals surface area contributed by atoms with Crippen LogP contribution in [0, 0.1) is 17.2 Å². The van der Waals surface area contributed by atoms with Gasteiger partial charge in [0.15, 0.2) is 0 Å². The quantitative estimate of drug-likeness (QED) is 0.887. The van der Waals surface area contributed by atoms with E-state index in [9.17, 15) is 4.79 Å². The maximum Gasteiger partial charge on any atom is 0.224 e. The van der Waals surface area contributed by atoms with Gasteiger partial charge in [0.05, 0.1) is 11.6 Å². The Hall–Kier alpha value is -1.86. The Morgan fingerprint density at radius 2 is 2.22 bits per heavy atom. The van der Waals surface area contributed by atoms with Crippen molar-refractivity contribution in [2.75, 3.05) is 18.5 Å². The molecule has 18 heavy (non-hydrogen) atoms. The number of carbonyl (C=O) groups is 1. The number of anilines is 1. The molecule has 1 aliphatic rings. The number of hydrogen-bond donors (Lipinski definition) is 1. The topological polar surface area (TPSA) is 62.1 Å². The summed E-state index contributed by atoms with van der Waals surface area (Å²) < 4.78 is 5.35. The van der Waals surface area contributed by atoms with Gasteiger partial charge in [-0.3, -0.25) is 4.79 Å². The van der Waals surface area contributed by atoms with Crippen LogP contribution in [0.2, 0.25) is 0 Å². The summed E-state index contributed by atoms with van der Waals surface area (Å²) in [6, 6.07) is 8.92. The fourth-order valence-electron chi connectivity index (χ4n) is 2.07. The van der Waals surface area contributed by atoms with Gasteiger partial charge in [0, 0.05) is 25.3 Å². The summed E-state index contributed by atoms with van der Waals surface area (Å²) in [6.07, 6.45) is 2.59. The summed E-state index contributed by atoms with van der Waals surface area (Å²) in [5.74, 6) is 0.340. The Bertz CT molecular complexity index is 442. The van der Waals surface area contributed by atoms with Crippen LogP contribution in [0.3, 0.4) is 0 Å². The standard InChI is InChI=1S/C14H16N2O2/c15-9-11-3-5-13(6-4-11)16-14(17)8-12-2-1-7-18-10-12/h3-6,12H,1-2,7-8,10H2,(H,16,17). The molecule has 1 atom stereocenters. The number of nitrogens with one attached hydrogen (secondary N) is 1. The highest BCUT2D eigenvalue weighted by molar-refractivity contribution is 5.90. The zero-order chi connectivity index (χ0) is 12.8. The van der Waals surface area contributed by atoms with Crippen LogP contribution < -0.4 is 5.32 Å². The zero-order valence-electron chi connectivity index (χ0n) is 10.2. The second-order valence-electron chi connectivity index (χ2n) is 4.52. The number of nitriles is 1. The first-order valence-corrected chi connectivity index (χ1v) is 6.15. The van der Waals surface area contributed by atoms with E-state index in [0.29, 0.717) is 24.5 Å². The van der Waals surface area contributed by atoms with E-state index < -0.39 is 0 Å². The summed E-state index contributed by atoms with van der Waals surface area (Å²) in [5, 5.41) is 11.5. The van der Waals surface area contributed by atoms with Gasteiger partial charge in [0.1, 0.15) is 0 Å². The summed E-state index contributed by atoms with van der Waals surface area (Å²) in [7, 11) is 0. The van der Waals surface area contributed by atoms with Gasteiger partial charge in [-0.05, 0) is 43.0 Å². The normalized spacial score (nSPS) is 18.9. The van der Waals surface area contributed by atoms with Crippen molar-refractivity contribution >= 4 is 11.6 Å². The molecule has 1 amide bonds. The fraction of sp³-hybridized carbons (Fsp3) is 0.429. The van der Waals surface area contributed by atoms with Crippen molar-refractivity contribution in [1.29, 1.82) is 5.26 Å². The first-order chi connectivity index (χ1) is 8.78. The van der Waals surface area contributed by atoms with E-state index in [1.807, 2.05) is 6.07 Å². The average Bonchev–Trinajstić information content (AvgIpc) is 2.40. The van der Waals surface area contributed by atoms with E-state index in [2.05, 4.69) is 5.32 Å². The number of amides is 1. The molecule has 1 aromatic carbocycles. The van der Waals surface area contributed by atoms with E-state index in [-0.39, 0.29) is 5.91 Å². The molecule has 1 heterocycles. The van der Waals surface area contributed by atoms with Crippen LogP contribution >= 0.6 is 0 Å². The Labute approximate surface area is 107 Å². The Morgan fingerprint density at radius 3 is 2.83 bits per heavy atom. The molecule has 0 aromatic heterocycles. The Morgan fingerprint density at radius 1 is 1.44 bits per heavy atom. The summed E-state index contributed by atoms with van der Waals surface area (Å²) in [6.45, 7) is 1.49. The van der Waals surface area contributed by atoms with E-state index >= 15 is 0 Å². The molecule has 0 saturated carbocycles. The molecule has 1 aliphatic heterocycles. The molecule has 1 N–H and O–H groups in total. The van der Waals surface area contributed by atoms with Crippen molar-refractivity contribution in [2.45, 2.75) is 19.3 Å². The van der Waals surface area contributed by atoms with Crippen LogP contribution in [0.4, 0.5) is 5.69 Å². The molecule has 0 spiro atoms. The van der Waals surface area contributed by atoms with Crippen LogP contribution in [0.5, 0.6) is 0 Å². The number of ether oxygens (including phenoxy) is 1. The van der Waals surface area contributed by atoms with Crippen LogP contribution in [-0.2, 0) is 9.53 Å². The average molecular weight is 244 g/mol. The first kappa shape index (κ1) is 12.6. The molecule has 2 rings (SSSR count). The van der Waals surface area contributed by atoms with Crippen molar-refractivity contribution in [2.24, 2.45) is 5.92 Å². The molecule has 1 fully saturated rings. The van der Waals surface area contributed by atoms with Gasteiger partial charge in [0.2, 0.25) is 5.91 Å². The molecule has 4 heteroatoms. The highest BCUT2D eigenvalue weighted by atomic mass is 16.5. The van der Waals surface area contributed by atoms with Crippen molar-refractivity contribution in [3.05, 3.63) is 29.8 Å². The second kappa shape index (κ2) is 6.18. The molecule has 4 nitrogen and oxygen atoms in total. The maximum atomic E-state index is 11.8. The third-order valence-electron chi connectivity index (χ3n) is 3.03. The lowest BCUT2D eigenvalue weighted by atomic mass is 9.98. The number of rotatable bonds is 3. The van der Waals surface area contributed by atoms with E-state index in [1.165, 1.54) is 0 Å². The van der Waals surface area contributed by atoms with Gasteiger partial charge in [-0.25, -0.2) is 0 Å². The van der Waals surface area contributed by atoms with Gasteiger partial charge in [-0.2, -0.15) is 5.26 Å². The van der Waals surface area contributed by atoms with E-state index in [0.717, 1.165) is 25.1 Å². The molecule has 1 unspecified atom stereocenters. The predicted octanol–water partition coefficient (Wildman–Crippen LogP) is 2.31. The van der Waals surface area contributed by atoms with E-state index in [1.54, 1.807) is 24.3 Å². The van der Waals surface area contributed by atoms with Crippen molar-refractivity contribution in [1.82, 2.24) is 0 Å². The van der Waals surface area contributed by atoms with Gasteiger partial charge in [0.25, 0.3) is 0 Å². The zero-order valence-corrected chi connectivity index (χ0v) is 10.2. The minimum atomic E-state index is 0.00945. The number of benzene rings is 1. The lowest BCUT2D eigenvalue weighted by molar-refractivity contribution is -0.118. The highest BCUT2D eigenvalue weighted by Gasteiger charge is 2.17. The smallest absolute Gasteiger partial charge is 0.224 e.